The highest BCUT2D eigenvalue weighted by Gasteiger charge is 2.00. The van der Waals surface area contributed by atoms with E-state index in [2.05, 4.69) is 18.2 Å². The molecule has 0 saturated carbocycles. The second kappa shape index (κ2) is 4.95. The Morgan fingerprint density at radius 3 is 2.31 bits per heavy atom. The first-order chi connectivity index (χ1) is 7.92. The maximum absolute atomic E-state index is 8.55. The van der Waals surface area contributed by atoms with Crippen LogP contribution in [-0.2, 0) is 0 Å². The second-order valence-corrected chi connectivity index (χ2v) is 3.42. The van der Waals surface area contributed by atoms with Crippen molar-refractivity contribution in [2.45, 2.75) is 0 Å². The van der Waals surface area contributed by atoms with Gasteiger partial charge in [0.15, 0.2) is 0 Å². The molecule has 0 N–H and O–H groups in total. The van der Waals surface area contributed by atoms with E-state index in [4.69, 9.17) is 5.26 Å². The van der Waals surface area contributed by atoms with E-state index in [0.717, 1.165) is 11.1 Å². The summed E-state index contributed by atoms with van der Waals surface area (Å²) in [6, 6.07) is 20.2. The van der Waals surface area contributed by atoms with Crippen molar-refractivity contribution in [2.24, 2.45) is 0 Å². The topological polar surface area (TPSA) is 23.8 Å². The van der Waals surface area contributed by atoms with Crippen LogP contribution in [0.3, 0.4) is 0 Å². The van der Waals surface area contributed by atoms with Gasteiger partial charge in [-0.2, -0.15) is 5.26 Å². The third kappa shape index (κ3) is 2.18. The largest absolute Gasteiger partial charge is 0.193 e. The van der Waals surface area contributed by atoms with Crippen molar-refractivity contribution in [2.75, 3.05) is 0 Å². The fourth-order valence-corrected chi connectivity index (χ4v) is 1.65. The minimum absolute atomic E-state index is 1.07. The van der Waals surface area contributed by atoms with Gasteiger partial charge in [0.05, 0.1) is 6.07 Å². The minimum atomic E-state index is 1.07. The van der Waals surface area contributed by atoms with Gasteiger partial charge in [-0.3, -0.25) is 0 Å². The summed E-state index contributed by atoms with van der Waals surface area (Å²) in [4.78, 5) is 0. The minimum Gasteiger partial charge on any atom is -0.193 e. The number of hydrogen-bond acceptors (Lipinski definition) is 1. The van der Waals surface area contributed by atoms with Crippen LogP contribution in [0.2, 0.25) is 0 Å². The van der Waals surface area contributed by atoms with Gasteiger partial charge in [-0.05, 0) is 22.8 Å². The van der Waals surface area contributed by atoms with Crippen LogP contribution in [-0.4, -0.2) is 0 Å². The number of benzene rings is 2. The number of rotatable bonds is 2. The zero-order chi connectivity index (χ0) is 11.2. The Hall–Kier alpha value is -2.33. The van der Waals surface area contributed by atoms with Crippen LogP contribution in [0.4, 0.5) is 0 Å². The molecule has 0 unspecified atom stereocenters. The van der Waals surface area contributed by atoms with Gasteiger partial charge in [0.1, 0.15) is 0 Å². The van der Waals surface area contributed by atoms with E-state index >= 15 is 0 Å². The predicted octanol–water partition coefficient (Wildman–Crippen LogP) is 3.89. The van der Waals surface area contributed by atoms with Crippen molar-refractivity contribution >= 4 is 6.08 Å². The first kappa shape index (κ1) is 10.2. The fraction of sp³-hybridized carbons (Fsp3) is 0. The van der Waals surface area contributed by atoms with Crippen LogP contribution in [0.15, 0.2) is 60.7 Å². The Balaban J connectivity index is 2.50. The van der Waals surface area contributed by atoms with E-state index in [-0.39, 0.29) is 0 Å². The summed E-state index contributed by atoms with van der Waals surface area (Å²) < 4.78 is 0. The standard InChI is InChI=1S/C15H11N/c16-12-6-10-14-9-4-5-11-15(14)13-7-2-1-3-8-13/h1-11H/b10-6-. The fourth-order valence-electron chi connectivity index (χ4n) is 1.65. The van der Waals surface area contributed by atoms with E-state index < -0.39 is 0 Å². The Labute approximate surface area is 95.3 Å². The van der Waals surface area contributed by atoms with E-state index in [1.54, 1.807) is 0 Å². The number of nitrogens with zero attached hydrogens (tertiary/aromatic N) is 1. The number of nitriles is 1. The van der Waals surface area contributed by atoms with E-state index in [9.17, 15) is 0 Å². The molecule has 0 heterocycles. The van der Waals surface area contributed by atoms with Gasteiger partial charge in [-0.15, -0.1) is 0 Å². The van der Waals surface area contributed by atoms with Crippen molar-refractivity contribution in [3.05, 3.63) is 66.2 Å². The summed E-state index contributed by atoms with van der Waals surface area (Å²) in [7, 11) is 0. The third-order valence-corrected chi connectivity index (χ3v) is 2.38. The molecule has 0 spiro atoms. The SMILES string of the molecule is N#C/C=C\c1ccccc1-c1ccccc1. The summed E-state index contributed by atoms with van der Waals surface area (Å²) in [6.07, 6.45) is 3.34. The molecule has 0 fully saturated rings. The quantitative estimate of drug-likeness (QED) is 0.682. The van der Waals surface area contributed by atoms with Crippen LogP contribution in [0.5, 0.6) is 0 Å². The molecule has 0 aromatic heterocycles. The van der Waals surface area contributed by atoms with Gasteiger partial charge in [0.25, 0.3) is 0 Å². The first-order valence-electron chi connectivity index (χ1n) is 5.12. The van der Waals surface area contributed by atoms with Gasteiger partial charge in [-0.1, -0.05) is 54.6 Å². The molecule has 76 valence electrons. The van der Waals surface area contributed by atoms with Crippen molar-refractivity contribution in [3.8, 4) is 17.2 Å². The van der Waals surface area contributed by atoms with Gasteiger partial charge in [0, 0.05) is 6.08 Å². The average Bonchev–Trinajstić information content (AvgIpc) is 2.38. The van der Waals surface area contributed by atoms with E-state index in [1.807, 2.05) is 48.5 Å². The second-order valence-electron chi connectivity index (χ2n) is 3.42. The average molecular weight is 205 g/mol. The van der Waals surface area contributed by atoms with Crippen LogP contribution in [0, 0.1) is 11.3 Å². The normalized spacial score (nSPS) is 10.2. The zero-order valence-electron chi connectivity index (χ0n) is 8.80. The van der Waals surface area contributed by atoms with E-state index in [0.29, 0.717) is 0 Å². The molecule has 0 amide bonds. The summed E-state index contributed by atoms with van der Waals surface area (Å²) in [5, 5.41) is 8.55. The highest BCUT2D eigenvalue weighted by atomic mass is 14.2. The highest BCUT2D eigenvalue weighted by Crippen LogP contribution is 2.24. The maximum Gasteiger partial charge on any atom is 0.0912 e. The molecular weight excluding hydrogens is 194 g/mol. The lowest BCUT2D eigenvalue weighted by Gasteiger charge is -2.05. The lowest BCUT2D eigenvalue weighted by atomic mass is 9.99. The lowest BCUT2D eigenvalue weighted by Crippen LogP contribution is -1.81. The van der Waals surface area contributed by atoms with Crippen LogP contribution in [0.25, 0.3) is 17.2 Å². The monoisotopic (exact) mass is 205 g/mol. The van der Waals surface area contributed by atoms with Crippen LogP contribution in [0.1, 0.15) is 5.56 Å². The number of allylic oxidation sites excluding steroid dienone is 1. The number of hydrogen-bond donors (Lipinski definition) is 0. The van der Waals surface area contributed by atoms with Crippen molar-refractivity contribution in [1.82, 2.24) is 0 Å². The molecule has 1 heteroatoms. The Morgan fingerprint density at radius 2 is 1.56 bits per heavy atom. The molecule has 2 aromatic rings. The zero-order valence-corrected chi connectivity index (χ0v) is 8.80. The molecule has 0 saturated heterocycles. The van der Waals surface area contributed by atoms with Crippen molar-refractivity contribution in [1.29, 1.82) is 5.26 Å². The molecule has 2 aromatic carbocycles. The van der Waals surface area contributed by atoms with Crippen LogP contribution >= 0.6 is 0 Å². The lowest BCUT2D eigenvalue weighted by molar-refractivity contribution is 1.53. The predicted molar refractivity (Wildman–Crippen MR) is 66.5 cm³/mol. The van der Waals surface area contributed by atoms with Crippen LogP contribution < -0.4 is 0 Å². The van der Waals surface area contributed by atoms with E-state index in [1.165, 1.54) is 11.6 Å². The van der Waals surface area contributed by atoms with Gasteiger partial charge >= 0.3 is 0 Å². The molecule has 2 rings (SSSR count). The maximum atomic E-state index is 8.55. The summed E-state index contributed by atoms with van der Waals surface area (Å²) in [5.41, 5.74) is 3.38. The molecule has 0 aliphatic rings. The molecule has 1 nitrogen and oxygen atoms in total. The molecule has 0 atom stereocenters. The summed E-state index contributed by atoms with van der Waals surface area (Å²) >= 11 is 0. The summed E-state index contributed by atoms with van der Waals surface area (Å²) in [6.45, 7) is 0. The molecule has 0 radical (unpaired) electrons. The van der Waals surface area contributed by atoms with Gasteiger partial charge < -0.3 is 0 Å². The molecule has 0 bridgehead atoms. The van der Waals surface area contributed by atoms with Gasteiger partial charge in [-0.25, -0.2) is 0 Å². The Kier molecular flexibility index (Phi) is 3.15. The molecule has 0 aliphatic heterocycles. The Bertz CT molecular complexity index is 533. The summed E-state index contributed by atoms with van der Waals surface area (Å²) in [5.74, 6) is 0. The highest BCUT2D eigenvalue weighted by molar-refractivity contribution is 5.75. The van der Waals surface area contributed by atoms with Crippen molar-refractivity contribution in [3.63, 3.8) is 0 Å². The Morgan fingerprint density at radius 1 is 0.875 bits per heavy atom. The third-order valence-electron chi connectivity index (χ3n) is 2.38. The smallest absolute Gasteiger partial charge is 0.0912 e. The van der Waals surface area contributed by atoms with Crippen molar-refractivity contribution < 1.29 is 0 Å². The molecular formula is C15H11N. The van der Waals surface area contributed by atoms with Gasteiger partial charge in [0.2, 0.25) is 0 Å². The molecule has 0 aliphatic carbocycles. The molecule has 16 heavy (non-hydrogen) atoms. The first-order valence-corrected chi connectivity index (χ1v) is 5.12.